The van der Waals surface area contributed by atoms with Crippen molar-refractivity contribution in [1.82, 2.24) is 0 Å². The number of fused-ring (bicyclic) bond motifs is 1. The van der Waals surface area contributed by atoms with Gasteiger partial charge in [0.1, 0.15) is 0 Å². The first-order valence-corrected chi connectivity index (χ1v) is 11.6. The number of aryl methyl sites for hydroxylation is 1. The fourth-order valence-electron chi connectivity index (χ4n) is 3.59. The van der Waals surface area contributed by atoms with Crippen LogP contribution in [0.4, 0.5) is 11.4 Å². The second-order valence-corrected chi connectivity index (χ2v) is 9.62. The van der Waals surface area contributed by atoms with Crippen molar-refractivity contribution in [2.45, 2.75) is 17.7 Å². The van der Waals surface area contributed by atoms with Crippen LogP contribution in [-0.4, -0.2) is 31.9 Å². The van der Waals surface area contributed by atoms with E-state index in [0.29, 0.717) is 41.3 Å². The minimum atomic E-state index is -3.85. The van der Waals surface area contributed by atoms with E-state index in [0.717, 1.165) is 5.56 Å². The van der Waals surface area contributed by atoms with Crippen LogP contribution < -0.4 is 9.62 Å². The van der Waals surface area contributed by atoms with Crippen LogP contribution in [0.3, 0.4) is 0 Å². The molecule has 0 unspecified atom stereocenters. The minimum absolute atomic E-state index is 0.0891. The Morgan fingerprint density at radius 1 is 0.969 bits per heavy atom. The Labute approximate surface area is 190 Å². The molecule has 1 heterocycles. The number of amides is 1. The molecule has 1 aliphatic heterocycles. The molecule has 0 fully saturated rings. The van der Waals surface area contributed by atoms with E-state index in [-0.39, 0.29) is 10.5 Å². The summed E-state index contributed by atoms with van der Waals surface area (Å²) in [7, 11) is -3.85. The van der Waals surface area contributed by atoms with Crippen LogP contribution in [-0.2, 0) is 16.4 Å². The molecule has 0 radical (unpaired) electrons. The number of aromatic carboxylic acids is 1. The van der Waals surface area contributed by atoms with Gasteiger partial charge in [-0.05, 0) is 73.0 Å². The van der Waals surface area contributed by atoms with Crippen molar-refractivity contribution in [3.05, 3.63) is 88.4 Å². The number of hydrogen-bond donors (Lipinski definition) is 2. The van der Waals surface area contributed by atoms with Gasteiger partial charge in [-0.25, -0.2) is 13.2 Å². The fraction of sp³-hybridized carbons (Fsp3) is 0.130. The Morgan fingerprint density at radius 2 is 1.69 bits per heavy atom. The number of carbonyl (C=O) groups excluding carboxylic acids is 1. The van der Waals surface area contributed by atoms with E-state index in [2.05, 4.69) is 5.32 Å². The van der Waals surface area contributed by atoms with Crippen LogP contribution >= 0.6 is 11.6 Å². The molecule has 1 amide bonds. The zero-order valence-electron chi connectivity index (χ0n) is 16.8. The highest BCUT2D eigenvalue weighted by Gasteiger charge is 2.30. The van der Waals surface area contributed by atoms with E-state index < -0.39 is 21.9 Å². The first kappa shape index (κ1) is 21.9. The Hall–Kier alpha value is -3.36. The van der Waals surface area contributed by atoms with Gasteiger partial charge in [0, 0.05) is 22.8 Å². The summed E-state index contributed by atoms with van der Waals surface area (Å²) in [5, 5.41) is 12.0. The molecule has 3 aromatic carbocycles. The van der Waals surface area contributed by atoms with Crippen LogP contribution in [0.5, 0.6) is 0 Å². The van der Waals surface area contributed by atoms with E-state index in [4.69, 9.17) is 16.7 Å². The van der Waals surface area contributed by atoms with Crippen molar-refractivity contribution in [2.75, 3.05) is 16.2 Å². The summed E-state index contributed by atoms with van der Waals surface area (Å²) >= 11 is 5.99. The summed E-state index contributed by atoms with van der Waals surface area (Å²) in [6, 6.07) is 16.8. The summed E-state index contributed by atoms with van der Waals surface area (Å²) in [5.74, 6) is -1.49. The van der Waals surface area contributed by atoms with E-state index in [1.165, 1.54) is 40.7 Å². The zero-order valence-corrected chi connectivity index (χ0v) is 18.4. The Morgan fingerprint density at radius 3 is 2.38 bits per heavy atom. The molecule has 0 saturated heterocycles. The number of nitrogens with zero attached hydrogens (tertiary/aromatic N) is 1. The molecule has 0 aliphatic carbocycles. The summed E-state index contributed by atoms with van der Waals surface area (Å²) in [6.45, 7) is 0.295. The summed E-state index contributed by atoms with van der Waals surface area (Å²) in [4.78, 5) is 23.8. The first-order valence-electron chi connectivity index (χ1n) is 9.82. The fourth-order valence-corrected chi connectivity index (χ4v) is 5.42. The van der Waals surface area contributed by atoms with Gasteiger partial charge in [0.2, 0.25) is 0 Å². The van der Waals surface area contributed by atoms with Crippen LogP contribution in [0.1, 0.15) is 32.7 Å². The number of carboxylic acids is 1. The molecule has 3 aromatic rings. The molecule has 2 N–H and O–H groups in total. The van der Waals surface area contributed by atoms with E-state index in [1.807, 2.05) is 0 Å². The maximum absolute atomic E-state index is 13.3. The quantitative estimate of drug-likeness (QED) is 0.574. The molecule has 0 atom stereocenters. The molecular weight excluding hydrogens is 452 g/mol. The van der Waals surface area contributed by atoms with Crippen molar-refractivity contribution in [1.29, 1.82) is 0 Å². The highest BCUT2D eigenvalue weighted by atomic mass is 35.5. The average molecular weight is 471 g/mol. The van der Waals surface area contributed by atoms with Crippen LogP contribution in [0.2, 0.25) is 5.02 Å². The predicted molar refractivity (Wildman–Crippen MR) is 122 cm³/mol. The van der Waals surface area contributed by atoms with Gasteiger partial charge < -0.3 is 10.4 Å². The Bertz CT molecular complexity index is 1310. The lowest BCUT2D eigenvalue weighted by atomic mass is 10.0. The zero-order chi connectivity index (χ0) is 22.9. The normalized spacial score (nSPS) is 13.3. The van der Waals surface area contributed by atoms with Crippen molar-refractivity contribution < 1.29 is 23.1 Å². The lowest BCUT2D eigenvalue weighted by Gasteiger charge is -2.31. The van der Waals surface area contributed by atoms with Crippen molar-refractivity contribution in [2.24, 2.45) is 0 Å². The molecule has 0 aromatic heterocycles. The number of hydrogen-bond acceptors (Lipinski definition) is 4. The van der Waals surface area contributed by atoms with Gasteiger partial charge >= 0.3 is 5.97 Å². The second-order valence-electron chi connectivity index (χ2n) is 7.32. The molecule has 9 heteroatoms. The highest BCUT2D eigenvalue weighted by molar-refractivity contribution is 7.92. The second kappa shape index (κ2) is 8.64. The lowest BCUT2D eigenvalue weighted by Crippen LogP contribution is -2.35. The Kier molecular flexibility index (Phi) is 5.90. The third-order valence-electron chi connectivity index (χ3n) is 5.20. The van der Waals surface area contributed by atoms with Gasteiger partial charge in [-0.3, -0.25) is 9.10 Å². The molecule has 0 bridgehead atoms. The molecule has 0 spiro atoms. The average Bonchev–Trinajstić information content (AvgIpc) is 2.78. The number of halogens is 1. The number of carbonyl (C=O) groups is 2. The van der Waals surface area contributed by atoms with Gasteiger partial charge in [0.15, 0.2) is 0 Å². The van der Waals surface area contributed by atoms with Crippen molar-refractivity contribution in [3.8, 4) is 0 Å². The molecule has 4 rings (SSSR count). The molecular formula is C23H19ClN2O5S. The van der Waals surface area contributed by atoms with E-state index in [9.17, 15) is 18.0 Å². The maximum Gasteiger partial charge on any atom is 0.335 e. The monoisotopic (exact) mass is 470 g/mol. The number of carboxylic acid groups (broad SMARTS) is 1. The van der Waals surface area contributed by atoms with E-state index >= 15 is 0 Å². The van der Waals surface area contributed by atoms with Gasteiger partial charge in [-0.2, -0.15) is 0 Å². The summed E-state index contributed by atoms with van der Waals surface area (Å²) < 4.78 is 27.9. The van der Waals surface area contributed by atoms with Gasteiger partial charge in [0.05, 0.1) is 16.1 Å². The number of sulfonamides is 1. The molecule has 32 heavy (non-hydrogen) atoms. The SMILES string of the molecule is O=C(O)c1ccc(NC(=O)c2ccc3c(c2)N(S(=O)(=O)c2cccc(Cl)c2)CCC3)cc1. The van der Waals surface area contributed by atoms with Crippen LogP contribution in [0, 0.1) is 0 Å². The van der Waals surface area contributed by atoms with Crippen LogP contribution in [0.15, 0.2) is 71.6 Å². The maximum atomic E-state index is 13.3. The third-order valence-corrected chi connectivity index (χ3v) is 7.24. The standard InChI is InChI=1S/C23H19ClN2O5S/c24-18-4-1-5-20(14-18)32(30,31)26-12-2-3-15-6-7-17(13-21(15)26)22(27)25-19-10-8-16(9-11-19)23(28)29/h1,4-11,13-14H,2-3,12H2,(H,25,27)(H,28,29). The van der Waals surface area contributed by atoms with Gasteiger partial charge in [-0.15, -0.1) is 0 Å². The van der Waals surface area contributed by atoms with Crippen molar-refractivity contribution >= 4 is 44.9 Å². The largest absolute Gasteiger partial charge is 0.478 e. The summed E-state index contributed by atoms with van der Waals surface area (Å²) in [6.07, 6.45) is 1.36. The number of benzene rings is 3. The number of nitrogens with one attached hydrogen (secondary N) is 1. The highest BCUT2D eigenvalue weighted by Crippen LogP contribution is 2.33. The number of rotatable bonds is 5. The van der Waals surface area contributed by atoms with Gasteiger partial charge in [-0.1, -0.05) is 23.7 Å². The van der Waals surface area contributed by atoms with Gasteiger partial charge in [0.25, 0.3) is 15.9 Å². The molecule has 164 valence electrons. The topological polar surface area (TPSA) is 104 Å². The third kappa shape index (κ3) is 4.32. The smallest absolute Gasteiger partial charge is 0.335 e. The molecule has 1 aliphatic rings. The predicted octanol–water partition coefficient (Wildman–Crippen LogP) is 4.43. The molecule has 0 saturated carbocycles. The first-order chi connectivity index (χ1) is 15.3. The minimum Gasteiger partial charge on any atom is -0.478 e. The number of anilines is 2. The van der Waals surface area contributed by atoms with Crippen molar-refractivity contribution in [3.63, 3.8) is 0 Å². The Balaban J connectivity index is 1.64. The van der Waals surface area contributed by atoms with Crippen LogP contribution in [0.25, 0.3) is 0 Å². The molecule has 7 nitrogen and oxygen atoms in total. The van der Waals surface area contributed by atoms with E-state index in [1.54, 1.807) is 30.3 Å². The lowest BCUT2D eigenvalue weighted by molar-refractivity contribution is 0.0696. The summed E-state index contributed by atoms with van der Waals surface area (Å²) in [5.41, 5.74) is 2.13.